The highest BCUT2D eigenvalue weighted by atomic mass is 32.2. The van der Waals surface area contributed by atoms with Crippen molar-refractivity contribution < 1.29 is 0 Å². The van der Waals surface area contributed by atoms with Crippen LogP contribution in [0.25, 0.3) is 0 Å². The van der Waals surface area contributed by atoms with Gasteiger partial charge in [0.2, 0.25) is 0 Å². The second-order valence-electron chi connectivity index (χ2n) is 4.30. The Morgan fingerprint density at radius 3 is 2.58 bits per heavy atom. The molecular weight excluding hydrogens is 256 g/mol. The van der Waals surface area contributed by atoms with Crippen LogP contribution in [0, 0.1) is 13.8 Å². The largest absolute Gasteiger partial charge is 0.370 e. The predicted molar refractivity (Wildman–Crippen MR) is 79.5 cm³/mol. The number of nitrogens with one attached hydrogen (secondary N) is 1. The van der Waals surface area contributed by atoms with Gasteiger partial charge in [0.05, 0.1) is 0 Å². The Kier molecular flexibility index (Phi) is 4.74. The van der Waals surface area contributed by atoms with Gasteiger partial charge >= 0.3 is 0 Å². The van der Waals surface area contributed by atoms with E-state index in [1.165, 1.54) is 5.56 Å². The third kappa shape index (κ3) is 4.21. The van der Waals surface area contributed by atoms with Crippen molar-refractivity contribution in [3.05, 3.63) is 41.3 Å². The second-order valence-corrected chi connectivity index (χ2v) is 5.24. The molecule has 0 amide bonds. The monoisotopic (exact) mass is 274 g/mol. The van der Waals surface area contributed by atoms with Gasteiger partial charge < -0.3 is 5.32 Å². The molecule has 2 rings (SSSR count). The molecule has 2 aromatic heterocycles. The molecule has 0 aliphatic heterocycles. The van der Waals surface area contributed by atoms with E-state index >= 15 is 0 Å². The molecular formula is C14H18N4S. The molecule has 4 nitrogen and oxygen atoms in total. The van der Waals surface area contributed by atoms with Gasteiger partial charge in [0.15, 0.2) is 5.16 Å². The molecule has 19 heavy (non-hydrogen) atoms. The lowest BCUT2D eigenvalue weighted by Gasteiger charge is -2.06. The Morgan fingerprint density at radius 1 is 1.16 bits per heavy atom. The lowest BCUT2D eigenvalue weighted by atomic mass is 10.3. The molecule has 1 N–H and O–H groups in total. The minimum absolute atomic E-state index is 0.833. The third-order valence-corrected chi connectivity index (χ3v) is 3.43. The summed E-state index contributed by atoms with van der Waals surface area (Å²) in [7, 11) is 0. The zero-order chi connectivity index (χ0) is 13.7. The van der Waals surface area contributed by atoms with Crippen LogP contribution in [0.5, 0.6) is 0 Å². The summed E-state index contributed by atoms with van der Waals surface area (Å²) in [5.74, 6) is 1.77. The fraction of sp³-hybridized carbons (Fsp3) is 0.357. The van der Waals surface area contributed by atoms with E-state index in [-0.39, 0.29) is 0 Å². The quantitative estimate of drug-likeness (QED) is 0.670. The number of nitrogens with zero attached hydrogens (tertiary/aromatic N) is 3. The SMILES string of the molecule is CCNc1cc(CSc2nc(C)cc(C)n2)ccn1. The summed E-state index contributed by atoms with van der Waals surface area (Å²) >= 11 is 1.65. The molecule has 2 heterocycles. The van der Waals surface area contributed by atoms with Gasteiger partial charge in [-0.25, -0.2) is 15.0 Å². The standard InChI is InChI=1S/C14H18N4S/c1-4-15-13-8-12(5-6-16-13)9-19-14-17-10(2)7-11(3)18-14/h5-8H,4,9H2,1-3H3,(H,15,16). The molecule has 2 aromatic rings. The number of hydrogen-bond acceptors (Lipinski definition) is 5. The molecule has 0 atom stereocenters. The van der Waals surface area contributed by atoms with Crippen LogP contribution in [0.1, 0.15) is 23.9 Å². The summed E-state index contributed by atoms with van der Waals surface area (Å²) in [5.41, 5.74) is 3.25. The molecule has 0 aliphatic rings. The molecule has 0 saturated heterocycles. The number of anilines is 1. The van der Waals surface area contributed by atoms with Crippen LogP contribution >= 0.6 is 11.8 Å². The summed E-state index contributed by atoms with van der Waals surface area (Å²) in [6.45, 7) is 6.93. The van der Waals surface area contributed by atoms with E-state index in [4.69, 9.17) is 0 Å². The molecule has 0 bridgehead atoms. The van der Waals surface area contributed by atoms with Gasteiger partial charge in [-0.15, -0.1) is 0 Å². The Morgan fingerprint density at radius 2 is 1.89 bits per heavy atom. The van der Waals surface area contributed by atoms with Crippen molar-refractivity contribution in [1.29, 1.82) is 0 Å². The first-order chi connectivity index (χ1) is 9.17. The van der Waals surface area contributed by atoms with E-state index in [1.807, 2.05) is 32.2 Å². The summed E-state index contributed by atoms with van der Waals surface area (Å²) in [4.78, 5) is 13.1. The molecule has 0 fully saturated rings. The minimum atomic E-state index is 0.833. The molecule has 0 spiro atoms. The average molecular weight is 274 g/mol. The number of rotatable bonds is 5. The lowest BCUT2D eigenvalue weighted by Crippen LogP contribution is -1.99. The van der Waals surface area contributed by atoms with Gasteiger partial charge in [-0.3, -0.25) is 0 Å². The van der Waals surface area contributed by atoms with E-state index in [0.29, 0.717) is 0 Å². The maximum atomic E-state index is 4.43. The van der Waals surface area contributed by atoms with Gasteiger partial charge in [0, 0.05) is 29.9 Å². The molecule has 0 unspecified atom stereocenters. The van der Waals surface area contributed by atoms with E-state index in [2.05, 4.69) is 33.3 Å². The summed E-state index contributed by atoms with van der Waals surface area (Å²) in [6, 6.07) is 6.08. The number of hydrogen-bond donors (Lipinski definition) is 1. The Balaban J connectivity index is 2.03. The number of aromatic nitrogens is 3. The van der Waals surface area contributed by atoms with E-state index in [1.54, 1.807) is 11.8 Å². The first-order valence-corrected chi connectivity index (χ1v) is 7.30. The first kappa shape index (κ1) is 13.8. The molecule has 100 valence electrons. The molecule has 5 heteroatoms. The van der Waals surface area contributed by atoms with Crippen LogP contribution in [-0.4, -0.2) is 21.5 Å². The van der Waals surface area contributed by atoms with Gasteiger partial charge in [0.25, 0.3) is 0 Å². The van der Waals surface area contributed by atoms with E-state index < -0.39 is 0 Å². The molecule has 0 saturated carbocycles. The minimum Gasteiger partial charge on any atom is -0.370 e. The number of thioether (sulfide) groups is 1. The maximum Gasteiger partial charge on any atom is 0.188 e. The highest BCUT2D eigenvalue weighted by Crippen LogP contribution is 2.20. The average Bonchev–Trinajstić information content (AvgIpc) is 2.36. The summed E-state index contributed by atoms with van der Waals surface area (Å²) < 4.78 is 0. The van der Waals surface area contributed by atoms with Crippen molar-refractivity contribution >= 4 is 17.6 Å². The van der Waals surface area contributed by atoms with Crippen LogP contribution in [0.2, 0.25) is 0 Å². The Bertz CT molecular complexity index is 537. The van der Waals surface area contributed by atoms with Crippen LogP contribution in [0.4, 0.5) is 5.82 Å². The van der Waals surface area contributed by atoms with Crippen LogP contribution in [0.15, 0.2) is 29.6 Å². The zero-order valence-electron chi connectivity index (χ0n) is 11.5. The number of pyridine rings is 1. The third-order valence-electron chi connectivity index (χ3n) is 2.51. The van der Waals surface area contributed by atoms with Gasteiger partial charge in [-0.1, -0.05) is 11.8 Å². The van der Waals surface area contributed by atoms with Crippen molar-refractivity contribution in [3.8, 4) is 0 Å². The lowest BCUT2D eigenvalue weighted by molar-refractivity contribution is 0.902. The van der Waals surface area contributed by atoms with Crippen LogP contribution < -0.4 is 5.32 Å². The van der Waals surface area contributed by atoms with Crippen LogP contribution in [0.3, 0.4) is 0 Å². The normalized spacial score (nSPS) is 10.5. The molecule has 0 aliphatic carbocycles. The topological polar surface area (TPSA) is 50.7 Å². The van der Waals surface area contributed by atoms with Gasteiger partial charge in [0.1, 0.15) is 5.82 Å². The van der Waals surface area contributed by atoms with E-state index in [9.17, 15) is 0 Å². The van der Waals surface area contributed by atoms with Crippen molar-refractivity contribution in [2.75, 3.05) is 11.9 Å². The fourth-order valence-electron chi connectivity index (χ4n) is 1.75. The Labute approximate surface area is 118 Å². The predicted octanol–water partition coefficient (Wildman–Crippen LogP) is 3.21. The molecule has 0 aromatic carbocycles. The highest BCUT2D eigenvalue weighted by Gasteiger charge is 2.02. The van der Waals surface area contributed by atoms with Crippen LogP contribution in [-0.2, 0) is 5.75 Å². The van der Waals surface area contributed by atoms with Crippen molar-refractivity contribution in [1.82, 2.24) is 15.0 Å². The van der Waals surface area contributed by atoms with E-state index in [0.717, 1.165) is 34.7 Å². The zero-order valence-corrected chi connectivity index (χ0v) is 12.3. The van der Waals surface area contributed by atoms with Crippen molar-refractivity contribution in [2.24, 2.45) is 0 Å². The number of aryl methyl sites for hydroxylation is 2. The van der Waals surface area contributed by atoms with Gasteiger partial charge in [-0.2, -0.15) is 0 Å². The second kappa shape index (κ2) is 6.52. The summed E-state index contributed by atoms with van der Waals surface area (Å²) in [6.07, 6.45) is 1.83. The maximum absolute atomic E-state index is 4.43. The smallest absolute Gasteiger partial charge is 0.188 e. The van der Waals surface area contributed by atoms with Crippen molar-refractivity contribution in [2.45, 2.75) is 31.7 Å². The molecule has 0 radical (unpaired) electrons. The summed E-state index contributed by atoms with van der Waals surface area (Å²) in [5, 5.41) is 4.05. The van der Waals surface area contributed by atoms with Crippen molar-refractivity contribution in [3.63, 3.8) is 0 Å². The first-order valence-electron chi connectivity index (χ1n) is 6.31. The Hall–Kier alpha value is -1.62. The van der Waals surface area contributed by atoms with Gasteiger partial charge in [-0.05, 0) is 44.5 Å². The fourth-order valence-corrected chi connectivity index (χ4v) is 2.64. The highest BCUT2D eigenvalue weighted by molar-refractivity contribution is 7.98.